The maximum absolute atomic E-state index is 12.0. The van der Waals surface area contributed by atoms with Crippen molar-refractivity contribution in [2.45, 2.75) is 6.42 Å². The molecule has 1 aromatic rings. The summed E-state index contributed by atoms with van der Waals surface area (Å²) in [6, 6.07) is 7.70. The van der Waals surface area contributed by atoms with Gasteiger partial charge in [0.1, 0.15) is 6.54 Å². The first-order valence-electron chi connectivity index (χ1n) is 6.12. The lowest BCUT2D eigenvalue weighted by Crippen LogP contribution is -2.43. The predicted octanol–water partition coefficient (Wildman–Crippen LogP) is -0.0342. The predicted molar refractivity (Wildman–Crippen MR) is 77.4 cm³/mol. The average Bonchev–Trinajstić information content (AvgIpc) is 2.40. The molecule has 0 spiro atoms. The van der Waals surface area contributed by atoms with Crippen molar-refractivity contribution >= 4 is 27.7 Å². The van der Waals surface area contributed by atoms with Gasteiger partial charge in [0.25, 0.3) is 0 Å². The molecule has 116 valence electrons. The summed E-state index contributed by atoms with van der Waals surface area (Å²) in [4.78, 5) is 23.9. The highest BCUT2D eigenvalue weighted by atomic mass is 32.2. The Kier molecular flexibility index (Phi) is 6.12. The van der Waals surface area contributed by atoms with E-state index in [0.717, 1.165) is 4.90 Å². The number of carboxylic acids is 1. The van der Waals surface area contributed by atoms with Crippen molar-refractivity contribution in [3.63, 3.8) is 0 Å². The topological polar surface area (TPSA) is 130 Å². The third kappa shape index (κ3) is 6.72. The Morgan fingerprint density at radius 2 is 1.86 bits per heavy atom. The molecule has 0 unspecified atom stereocenters. The van der Waals surface area contributed by atoms with E-state index in [9.17, 15) is 18.0 Å². The van der Waals surface area contributed by atoms with Crippen LogP contribution in [-0.2, 0) is 14.8 Å². The molecule has 1 aromatic carbocycles. The van der Waals surface area contributed by atoms with Gasteiger partial charge < -0.3 is 10.4 Å². The van der Waals surface area contributed by atoms with Gasteiger partial charge in [-0.3, -0.25) is 9.69 Å². The van der Waals surface area contributed by atoms with Crippen molar-refractivity contribution in [3.8, 4) is 0 Å². The molecular weight excluding hydrogens is 298 g/mol. The molecule has 9 heteroatoms. The molecule has 0 radical (unpaired) electrons. The highest BCUT2D eigenvalue weighted by Gasteiger charge is 2.18. The van der Waals surface area contributed by atoms with Crippen LogP contribution in [-0.4, -0.2) is 44.4 Å². The number of rotatable bonds is 7. The first-order valence-corrected chi connectivity index (χ1v) is 7.84. The summed E-state index contributed by atoms with van der Waals surface area (Å²) in [5.41, 5.74) is 0.434. The van der Waals surface area contributed by atoms with E-state index in [0.29, 0.717) is 5.69 Å². The fourth-order valence-electron chi connectivity index (χ4n) is 1.59. The van der Waals surface area contributed by atoms with Crippen LogP contribution in [0, 0.1) is 0 Å². The molecule has 0 aliphatic rings. The van der Waals surface area contributed by atoms with Crippen LogP contribution in [0.4, 0.5) is 10.5 Å². The number of hydrogen-bond donors (Lipinski definition) is 3. The molecule has 0 heterocycles. The highest BCUT2D eigenvalue weighted by Crippen LogP contribution is 2.12. The van der Waals surface area contributed by atoms with Gasteiger partial charge in [-0.05, 0) is 18.6 Å². The number of hydrogen-bond acceptors (Lipinski definition) is 4. The van der Waals surface area contributed by atoms with Gasteiger partial charge in [-0.15, -0.1) is 0 Å². The van der Waals surface area contributed by atoms with E-state index in [1.54, 1.807) is 30.3 Å². The molecule has 4 N–H and O–H groups in total. The van der Waals surface area contributed by atoms with Crippen LogP contribution in [0.2, 0.25) is 0 Å². The zero-order valence-electron chi connectivity index (χ0n) is 11.2. The van der Waals surface area contributed by atoms with Gasteiger partial charge in [-0.25, -0.2) is 18.4 Å². The highest BCUT2D eigenvalue weighted by molar-refractivity contribution is 7.89. The monoisotopic (exact) mass is 315 g/mol. The molecule has 8 nitrogen and oxygen atoms in total. The molecule has 0 saturated carbocycles. The maximum Gasteiger partial charge on any atom is 0.323 e. The summed E-state index contributed by atoms with van der Waals surface area (Å²) in [5.74, 6) is -1.41. The Bertz CT molecular complexity index is 588. The van der Waals surface area contributed by atoms with Gasteiger partial charge in [0.05, 0.1) is 5.75 Å². The average molecular weight is 315 g/mol. The first-order chi connectivity index (χ1) is 9.79. The van der Waals surface area contributed by atoms with Gasteiger partial charge in [-0.1, -0.05) is 18.2 Å². The molecule has 2 amide bonds. The van der Waals surface area contributed by atoms with Crippen molar-refractivity contribution in [3.05, 3.63) is 30.3 Å². The smallest absolute Gasteiger partial charge is 0.323 e. The third-order valence-corrected chi connectivity index (χ3v) is 3.35. The number of nitrogens with two attached hydrogens (primary N) is 1. The Labute approximate surface area is 122 Å². The lowest BCUT2D eigenvalue weighted by Gasteiger charge is -2.21. The number of primary sulfonamides is 1. The SMILES string of the molecule is NS(=O)(=O)CCCNC(=O)N(CC(=O)O)c1ccccc1. The van der Waals surface area contributed by atoms with E-state index in [1.807, 2.05) is 0 Å². The van der Waals surface area contributed by atoms with Crippen LogP contribution in [0.15, 0.2) is 30.3 Å². The number of urea groups is 1. The minimum Gasteiger partial charge on any atom is -0.480 e. The third-order valence-electron chi connectivity index (χ3n) is 2.49. The quantitative estimate of drug-likeness (QED) is 0.608. The number of anilines is 1. The summed E-state index contributed by atoms with van der Waals surface area (Å²) in [5, 5.41) is 16.2. The Morgan fingerprint density at radius 3 is 2.38 bits per heavy atom. The van der Waals surface area contributed by atoms with Crippen molar-refractivity contribution in [2.75, 3.05) is 23.7 Å². The summed E-state index contributed by atoms with van der Waals surface area (Å²) < 4.78 is 21.5. The fourth-order valence-corrected chi connectivity index (χ4v) is 2.13. The normalized spacial score (nSPS) is 10.9. The van der Waals surface area contributed by atoms with Gasteiger partial charge in [0.2, 0.25) is 10.0 Å². The number of carbonyl (C=O) groups excluding carboxylic acids is 1. The number of sulfonamides is 1. The summed E-state index contributed by atoms with van der Waals surface area (Å²) in [6.45, 7) is -0.413. The second-order valence-electron chi connectivity index (χ2n) is 4.27. The summed E-state index contributed by atoms with van der Waals surface area (Å²) in [6.07, 6.45) is 0.153. The molecule has 0 atom stereocenters. The van der Waals surface area contributed by atoms with Gasteiger partial charge in [0, 0.05) is 12.2 Å². The summed E-state index contributed by atoms with van der Waals surface area (Å²) >= 11 is 0. The number of carbonyl (C=O) groups is 2. The van der Waals surface area contributed by atoms with Crippen molar-refractivity contribution in [1.29, 1.82) is 0 Å². The van der Waals surface area contributed by atoms with Gasteiger partial charge in [-0.2, -0.15) is 0 Å². The summed E-state index contributed by atoms with van der Waals surface area (Å²) in [7, 11) is -3.57. The first kappa shape index (κ1) is 16.9. The second kappa shape index (κ2) is 7.60. The number of para-hydroxylation sites is 1. The van der Waals surface area contributed by atoms with Crippen LogP contribution >= 0.6 is 0 Å². The molecule has 1 rings (SSSR count). The molecule has 0 bridgehead atoms. The van der Waals surface area contributed by atoms with E-state index in [4.69, 9.17) is 10.2 Å². The van der Waals surface area contributed by atoms with Gasteiger partial charge in [0.15, 0.2) is 0 Å². The zero-order chi connectivity index (χ0) is 15.9. The molecule has 0 saturated heterocycles. The van der Waals surface area contributed by atoms with E-state index in [1.165, 1.54) is 0 Å². The van der Waals surface area contributed by atoms with E-state index < -0.39 is 28.6 Å². The van der Waals surface area contributed by atoms with Gasteiger partial charge >= 0.3 is 12.0 Å². The molecule has 0 aliphatic carbocycles. The van der Waals surface area contributed by atoms with Crippen molar-refractivity contribution in [1.82, 2.24) is 5.32 Å². The standard InChI is InChI=1S/C12H17N3O5S/c13-21(19,20)8-4-7-14-12(18)15(9-11(16)17)10-5-2-1-3-6-10/h1-3,5-6H,4,7-9H2,(H,14,18)(H,16,17)(H2,13,19,20). The minimum atomic E-state index is -3.57. The molecule has 0 fully saturated rings. The number of aliphatic carboxylic acids is 1. The Morgan fingerprint density at radius 1 is 1.24 bits per heavy atom. The Balaban J connectivity index is 2.63. The number of benzene rings is 1. The van der Waals surface area contributed by atoms with E-state index in [-0.39, 0.29) is 18.7 Å². The van der Waals surface area contributed by atoms with Crippen molar-refractivity contribution in [2.24, 2.45) is 5.14 Å². The zero-order valence-corrected chi connectivity index (χ0v) is 12.0. The fraction of sp³-hybridized carbons (Fsp3) is 0.333. The second-order valence-corrected chi connectivity index (χ2v) is 6.00. The Hall–Kier alpha value is -2.13. The van der Waals surface area contributed by atoms with Crippen LogP contribution < -0.4 is 15.4 Å². The van der Waals surface area contributed by atoms with Crippen LogP contribution in [0.25, 0.3) is 0 Å². The number of nitrogens with zero attached hydrogens (tertiary/aromatic N) is 1. The van der Waals surface area contributed by atoms with Crippen LogP contribution in [0.5, 0.6) is 0 Å². The lowest BCUT2D eigenvalue weighted by atomic mass is 10.3. The maximum atomic E-state index is 12.0. The van der Waals surface area contributed by atoms with E-state index >= 15 is 0 Å². The van der Waals surface area contributed by atoms with Crippen molar-refractivity contribution < 1.29 is 23.1 Å². The molecule has 21 heavy (non-hydrogen) atoms. The van der Waals surface area contributed by atoms with Crippen LogP contribution in [0.1, 0.15) is 6.42 Å². The minimum absolute atomic E-state index is 0.0816. The largest absolute Gasteiger partial charge is 0.480 e. The lowest BCUT2D eigenvalue weighted by molar-refractivity contribution is -0.135. The molecule has 0 aromatic heterocycles. The van der Waals surface area contributed by atoms with E-state index in [2.05, 4.69) is 5.32 Å². The van der Waals surface area contributed by atoms with Crippen LogP contribution in [0.3, 0.4) is 0 Å². The molecular formula is C12H17N3O5S. The number of nitrogens with one attached hydrogen (secondary N) is 1. The number of amides is 2. The molecule has 0 aliphatic heterocycles. The number of carboxylic acid groups (broad SMARTS) is 1.